The molecule has 32 heavy (non-hydrogen) atoms. The summed E-state index contributed by atoms with van der Waals surface area (Å²) in [6.45, 7) is 5.56. The van der Waals surface area contributed by atoms with E-state index in [0.29, 0.717) is 12.5 Å². The minimum absolute atomic E-state index is 0.0273. The van der Waals surface area contributed by atoms with Crippen LogP contribution in [0.25, 0.3) is 0 Å². The van der Waals surface area contributed by atoms with E-state index in [-0.39, 0.29) is 36.0 Å². The van der Waals surface area contributed by atoms with Gasteiger partial charge in [-0.25, -0.2) is 12.8 Å². The molecule has 2 aromatic rings. The third kappa shape index (κ3) is 5.77. The number of amides is 1. The number of nitrogens with one attached hydrogen (secondary N) is 1. The van der Waals surface area contributed by atoms with Crippen LogP contribution in [0.3, 0.4) is 0 Å². The minimum Gasteiger partial charge on any atom is -0.491 e. The van der Waals surface area contributed by atoms with Gasteiger partial charge in [0.15, 0.2) is 0 Å². The maximum atomic E-state index is 14.4. The standard InChI is InChI=1S/C21H24F4N2O4S/c1-4-11-31-19-10-7-14(21(23,24)25)12-18(19)26-20(28)16-13-15(8-9-17(16)22)32(29,30)27(5-2)6-3/h7-10,12-13H,4-6,11H2,1-3H3,(H,26,28). The van der Waals surface area contributed by atoms with Crippen molar-refractivity contribution in [1.82, 2.24) is 4.31 Å². The van der Waals surface area contributed by atoms with Gasteiger partial charge in [0.1, 0.15) is 11.6 Å². The number of ether oxygens (including phenoxy) is 1. The second-order valence-electron chi connectivity index (χ2n) is 6.74. The van der Waals surface area contributed by atoms with Crippen LogP contribution in [0.1, 0.15) is 43.1 Å². The van der Waals surface area contributed by atoms with Gasteiger partial charge in [0.25, 0.3) is 5.91 Å². The second kappa shape index (κ2) is 10.3. The zero-order chi connectivity index (χ0) is 24.1. The highest BCUT2D eigenvalue weighted by molar-refractivity contribution is 7.89. The summed E-state index contributed by atoms with van der Waals surface area (Å²) in [7, 11) is -3.98. The molecular weight excluding hydrogens is 452 g/mol. The summed E-state index contributed by atoms with van der Waals surface area (Å²) in [5.41, 5.74) is -1.97. The number of nitrogens with zero attached hydrogens (tertiary/aromatic N) is 1. The molecule has 0 radical (unpaired) electrons. The zero-order valence-corrected chi connectivity index (χ0v) is 18.6. The molecule has 0 atom stereocenters. The van der Waals surface area contributed by atoms with Crippen molar-refractivity contribution in [2.75, 3.05) is 25.0 Å². The van der Waals surface area contributed by atoms with Crippen LogP contribution in [0.2, 0.25) is 0 Å². The van der Waals surface area contributed by atoms with Crippen molar-refractivity contribution >= 4 is 21.6 Å². The van der Waals surface area contributed by atoms with E-state index in [1.165, 1.54) is 0 Å². The van der Waals surface area contributed by atoms with Crippen molar-refractivity contribution in [3.63, 3.8) is 0 Å². The van der Waals surface area contributed by atoms with E-state index in [9.17, 15) is 30.8 Å². The molecule has 0 aromatic heterocycles. The summed E-state index contributed by atoms with van der Waals surface area (Å²) in [6, 6.07) is 5.26. The Hall–Kier alpha value is -2.66. The van der Waals surface area contributed by atoms with Crippen LogP contribution in [0.15, 0.2) is 41.3 Å². The predicted octanol–water partition coefficient (Wildman–Crippen LogP) is 4.92. The van der Waals surface area contributed by atoms with Gasteiger partial charge < -0.3 is 10.1 Å². The van der Waals surface area contributed by atoms with Gasteiger partial charge in [-0.2, -0.15) is 17.5 Å². The molecule has 0 heterocycles. The number of benzene rings is 2. The van der Waals surface area contributed by atoms with Gasteiger partial charge in [0.05, 0.1) is 28.3 Å². The lowest BCUT2D eigenvalue weighted by Crippen LogP contribution is -2.31. The first-order valence-electron chi connectivity index (χ1n) is 9.90. The summed E-state index contributed by atoms with van der Waals surface area (Å²) < 4.78 is 85.6. The fourth-order valence-electron chi connectivity index (χ4n) is 2.88. The Morgan fingerprint density at radius 2 is 1.72 bits per heavy atom. The van der Waals surface area contributed by atoms with Crippen LogP contribution in [-0.4, -0.2) is 38.3 Å². The predicted molar refractivity (Wildman–Crippen MR) is 112 cm³/mol. The van der Waals surface area contributed by atoms with E-state index in [4.69, 9.17) is 4.74 Å². The van der Waals surface area contributed by atoms with Crippen molar-refractivity contribution in [3.05, 3.63) is 53.3 Å². The first kappa shape index (κ1) is 25.6. The maximum absolute atomic E-state index is 14.4. The van der Waals surface area contributed by atoms with Gasteiger partial charge >= 0.3 is 6.18 Å². The normalized spacial score (nSPS) is 12.1. The minimum atomic E-state index is -4.67. The van der Waals surface area contributed by atoms with Gasteiger partial charge in [-0.05, 0) is 42.8 Å². The molecule has 0 unspecified atom stereocenters. The van der Waals surface area contributed by atoms with Crippen molar-refractivity contribution in [2.45, 2.75) is 38.3 Å². The molecule has 1 N–H and O–H groups in total. The Balaban J connectivity index is 2.46. The highest BCUT2D eigenvalue weighted by Crippen LogP contribution is 2.35. The second-order valence-corrected chi connectivity index (χ2v) is 8.68. The van der Waals surface area contributed by atoms with E-state index < -0.39 is 39.1 Å². The molecule has 6 nitrogen and oxygen atoms in total. The van der Waals surface area contributed by atoms with Crippen LogP contribution in [0.4, 0.5) is 23.2 Å². The highest BCUT2D eigenvalue weighted by atomic mass is 32.2. The van der Waals surface area contributed by atoms with E-state index in [1.807, 2.05) is 0 Å². The molecule has 11 heteroatoms. The molecule has 0 saturated carbocycles. The SMILES string of the molecule is CCCOc1ccc(C(F)(F)F)cc1NC(=O)c1cc(S(=O)(=O)N(CC)CC)ccc1F. The van der Waals surface area contributed by atoms with E-state index >= 15 is 0 Å². The number of carbonyl (C=O) groups is 1. The third-order valence-electron chi connectivity index (χ3n) is 4.54. The number of carbonyl (C=O) groups excluding carboxylic acids is 1. The quantitative estimate of drug-likeness (QED) is 0.522. The summed E-state index contributed by atoms with van der Waals surface area (Å²) >= 11 is 0. The van der Waals surface area contributed by atoms with Crippen molar-refractivity contribution in [2.24, 2.45) is 0 Å². The van der Waals surface area contributed by atoms with Crippen molar-refractivity contribution in [1.29, 1.82) is 0 Å². The van der Waals surface area contributed by atoms with Gasteiger partial charge in [0, 0.05) is 13.1 Å². The first-order valence-corrected chi connectivity index (χ1v) is 11.3. The Bertz CT molecular complexity index is 1070. The van der Waals surface area contributed by atoms with Crippen LogP contribution in [0, 0.1) is 5.82 Å². The fourth-order valence-corrected chi connectivity index (χ4v) is 4.37. The molecule has 2 rings (SSSR count). The maximum Gasteiger partial charge on any atom is 0.416 e. The lowest BCUT2D eigenvalue weighted by atomic mass is 10.1. The number of sulfonamides is 1. The third-order valence-corrected chi connectivity index (χ3v) is 6.59. The molecule has 0 aliphatic heterocycles. The monoisotopic (exact) mass is 476 g/mol. The number of hydrogen-bond acceptors (Lipinski definition) is 4. The first-order chi connectivity index (χ1) is 14.9. The fraction of sp³-hybridized carbons (Fsp3) is 0.381. The average Bonchev–Trinajstić information content (AvgIpc) is 2.72. The Labute approximate surface area is 184 Å². The summed E-state index contributed by atoms with van der Waals surface area (Å²) in [4.78, 5) is 12.4. The molecule has 0 fully saturated rings. The molecule has 0 aliphatic carbocycles. The number of halogens is 4. The summed E-state index contributed by atoms with van der Waals surface area (Å²) in [5, 5.41) is 2.21. The number of anilines is 1. The van der Waals surface area contributed by atoms with E-state index in [2.05, 4.69) is 5.32 Å². The Morgan fingerprint density at radius 1 is 1.06 bits per heavy atom. The van der Waals surface area contributed by atoms with Gasteiger partial charge in [-0.3, -0.25) is 4.79 Å². The van der Waals surface area contributed by atoms with Crippen molar-refractivity contribution < 1.29 is 35.5 Å². The number of hydrogen-bond donors (Lipinski definition) is 1. The van der Waals surface area contributed by atoms with Gasteiger partial charge in [0.2, 0.25) is 10.0 Å². The Kier molecular flexibility index (Phi) is 8.24. The molecule has 0 saturated heterocycles. The van der Waals surface area contributed by atoms with Crippen LogP contribution in [-0.2, 0) is 16.2 Å². The number of alkyl halides is 3. The van der Waals surface area contributed by atoms with E-state index in [1.54, 1.807) is 20.8 Å². The van der Waals surface area contributed by atoms with Crippen LogP contribution >= 0.6 is 0 Å². The summed E-state index contributed by atoms with van der Waals surface area (Å²) in [5.74, 6) is -2.16. The van der Waals surface area contributed by atoms with Gasteiger partial charge in [-0.15, -0.1) is 0 Å². The smallest absolute Gasteiger partial charge is 0.416 e. The lowest BCUT2D eigenvalue weighted by Gasteiger charge is -2.19. The lowest BCUT2D eigenvalue weighted by molar-refractivity contribution is -0.137. The Morgan fingerprint density at radius 3 is 2.28 bits per heavy atom. The molecular formula is C21H24F4N2O4S. The van der Waals surface area contributed by atoms with E-state index in [0.717, 1.165) is 34.6 Å². The molecule has 0 aliphatic rings. The molecule has 0 bridgehead atoms. The summed E-state index contributed by atoms with van der Waals surface area (Å²) in [6.07, 6.45) is -4.11. The van der Waals surface area contributed by atoms with Crippen LogP contribution in [0.5, 0.6) is 5.75 Å². The average molecular weight is 476 g/mol. The molecule has 176 valence electrons. The van der Waals surface area contributed by atoms with Gasteiger partial charge in [-0.1, -0.05) is 20.8 Å². The molecule has 1 amide bonds. The number of rotatable bonds is 9. The zero-order valence-electron chi connectivity index (χ0n) is 17.8. The van der Waals surface area contributed by atoms with Crippen LogP contribution < -0.4 is 10.1 Å². The van der Waals surface area contributed by atoms with Crippen molar-refractivity contribution in [3.8, 4) is 5.75 Å². The largest absolute Gasteiger partial charge is 0.491 e. The molecule has 2 aromatic carbocycles. The topological polar surface area (TPSA) is 75.7 Å². The highest BCUT2D eigenvalue weighted by Gasteiger charge is 2.32. The molecule has 0 spiro atoms.